The molecule has 2 aromatic rings. The number of phenols is 1. The molecule has 0 aliphatic heterocycles. The summed E-state index contributed by atoms with van der Waals surface area (Å²) in [5.41, 5.74) is 2.15. The Kier molecular flexibility index (Phi) is 5.89. The minimum Gasteiger partial charge on any atom is -0.508 e. The van der Waals surface area contributed by atoms with Crippen molar-refractivity contribution in [1.29, 1.82) is 0 Å². The van der Waals surface area contributed by atoms with Crippen molar-refractivity contribution in [2.24, 2.45) is 5.92 Å². The van der Waals surface area contributed by atoms with Crippen LogP contribution in [0.25, 0.3) is 0 Å². The second-order valence-corrected chi connectivity index (χ2v) is 6.96. The summed E-state index contributed by atoms with van der Waals surface area (Å²) < 4.78 is 5.70. The van der Waals surface area contributed by atoms with E-state index in [-0.39, 0.29) is 17.1 Å². The van der Waals surface area contributed by atoms with Gasteiger partial charge in [-0.15, -0.1) is 0 Å². The van der Waals surface area contributed by atoms with Gasteiger partial charge in [0, 0.05) is 5.41 Å². The molecular weight excluding hydrogens is 300 g/mol. The highest BCUT2D eigenvalue weighted by Gasteiger charge is 2.23. The van der Waals surface area contributed by atoms with Crippen molar-refractivity contribution in [2.75, 3.05) is 6.61 Å². The lowest BCUT2D eigenvalue weighted by Crippen LogP contribution is -2.24. The molecule has 2 N–H and O–H groups in total. The number of aromatic hydroxyl groups is 1. The number of phenolic OH excluding ortho intramolecular Hbond substituents is 1. The average Bonchev–Trinajstić information content (AvgIpc) is 2.59. The Labute approximate surface area is 144 Å². The lowest BCUT2D eigenvalue weighted by molar-refractivity contribution is 0.0622. The van der Waals surface area contributed by atoms with Crippen LogP contribution in [0.15, 0.2) is 48.5 Å². The van der Waals surface area contributed by atoms with Crippen molar-refractivity contribution in [3.05, 3.63) is 59.7 Å². The third kappa shape index (κ3) is 4.30. The van der Waals surface area contributed by atoms with Crippen LogP contribution in [0.2, 0.25) is 0 Å². The second kappa shape index (κ2) is 7.71. The van der Waals surface area contributed by atoms with Crippen molar-refractivity contribution < 1.29 is 14.9 Å². The van der Waals surface area contributed by atoms with Crippen LogP contribution in [0, 0.1) is 5.92 Å². The van der Waals surface area contributed by atoms with Crippen molar-refractivity contribution in [3.63, 3.8) is 0 Å². The highest BCUT2D eigenvalue weighted by molar-refractivity contribution is 5.41. The van der Waals surface area contributed by atoms with Crippen molar-refractivity contribution in [1.82, 2.24) is 0 Å². The Balaban J connectivity index is 2.07. The largest absolute Gasteiger partial charge is 0.508 e. The smallest absolute Gasteiger partial charge is 0.119 e. The highest BCUT2D eigenvalue weighted by atomic mass is 16.5. The van der Waals surface area contributed by atoms with Crippen molar-refractivity contribution in [2.45, 2.75) is 45.6 Å². The summed E-state index contributed by atoms with van der Waals surface area (Å²) in [7, 11) is 0. The first-order valence-electron chi connectivity index (χ1n) is 8.55. The summed E-state index contributed by atoms with van der Waals surface area (Å²) in [6.07, 6.45) is 0.493. The topological polar surface area (TPSA) is 49.7 Å². The lowest BCUT2D eigenvalue weighted by Gasteiger charge is -2.26. The number of hydrogen-bond donors (Lipinski definition) is 2. The van der Waals surface area contributed by atoms with E-state index >= 15 is 0 Å². The summed E-state index contributed by atoms with van der Waals surface area (Å²) >= 11 is 0. The molecule has 0 amide bonds. The minimum atomic E-state index is -0.442. The van der Waals surface area contributed by atoms with E-state index in [0.717, 1.165) is 17.7 Å². The molecule has 130 valence electrons. The van der Waals surface area contributed by atoms with Crippen molar-refractivity contribution >= 4 is 0 Å². The van der Waals surface area contributed by atoms with Gasteiger partial charge < -0.3 is 14.9 Å². The molecule has 0 radical (unpaired) electrons. The number of ether oxygens (including phenoxy) is 1. The number of rotatable bonds is 7. The summed E-state index contributed by atoms with van der Waals surface area (Å²) in [6.45, 7) is 8.71. The SMILES string of the molecule is CCC(C)C(O)COc1ccc(C(C)(C)c2ccc(O)cc2)cc1. The zero-order valence-electron chi connectivity index (χ0n) is 15.0. The molecule has 2 unspecified atom stereocenters. The van der Waals surface area contributed by atoms with Gasteiger partial charge in [-0.2, -0.15) is 0 Å². The zero-order chi connectivity index (χ0) is 17.7. The van der Waals surface area contributed by atoms with Gasteiger partial charge in [-0.05, 0) is 41.3 Å². The van der Waals surface area contributed by atoms with Crippen LogP contribution in [0.1, 0.15) is 45.2 Å². The first kappa shape index (κ1) is 18.3. The van der Waals surface area contributed by atoms with E-state index < -0.39 is 6.10 Å². The van der Waals surface area contributed by atoms with Gasteiger partial charge in [-0.1, -0.05) is 58.4 Å². The maximum atomic E-state index is 9.99. The van der Waals surface area contributed by atoms with E-state index in [4.69, 9.17) is 4.74 Å². The molecule has 3 heteroatoms. The standard InChI is InChI=1S/C21H28O3/c1-5-15(2)20(23)14-24-19-12-8-17(9-13-19)21(3,4)16-6-10-18(22)11-7-16/h6-13,15,20,22-23H,5,14H2,1-4H3. The van der Waals surface area contributed by atoms with E-state index in [0.29, 0.717) is 6.61 Å². The Morgan fingerprint density at radius 1 is 0.958 bits per heavy atom. The molecule has 0 aromatic heterocycles. The Morgan fingerprint density at radius 3 is 1.96 bits per heavy atom. The Morgan fingerprint density at radius 2 is 1.46 bits per heavy atom. The van der Waals surface area contributed by atoms with Crippen molar-refractivity contribution in [3.8, 4) is 11.5 Å². The third-order valence-corrected chi connectivity index (χ3v) is 4.89. The molecule has 0 spiro atoms. The van der Waals surface area contributed by atoms with Gasteiger partial charge in [-0.3, -0.25) is 0 Å². The average molecular weight is 328 g/mol. The molecule has 2 atom stereocenters. The van der Waals surface area contributed by atoms with Gasteiger partial charge >= 0.3 is 0 Å². The van der Waals surface area contributed by atoms with Gasteiger partial charge in [0.05, 0.1) is 6.10 Å². The van der Waals surface area contributed by atoms with Gasteiger partial charge in [-0.25, -0.2) is 0 Å². The summed E-state index contributed by atoms with van der Waals surface area (Å²) in [6, 6.07) is 15.3. The monoisotopic (exact) mass is 328 g/mol. The fraction of sp³-hybridized carbons (Fsp3) is 0.429. The molecule has 2 aromatic carbocycles. The van der Waals surface area contributed by atoms with E-state index in [9.17, 15) is 10.2 Å². The normalized spacial score (nSPS) is 14.2. The summed E-state index contributed by atoms with van der Waals surface area (Å²) in [5.74, 6) is 1.28. The summed E-state index contributed by atoms with van der Waals surface area (Å²) in [4.78, 5) is 0. The van der Waals surface area contributed by atoms with Crippen LogP contribution in [0.3, 0.4) is 0 Å². The molecule has 0 heterocycles. The third-order valence-electron chi connectivity index (χ3n) is 4.89. The predicted octanol–water partition coefficient (Wildman–Crippen LogP) is 4.50. The van der Waals surface area contributed by atoms with Crippen LogP contribution in [0.5, 0.6) is 11.5 Å². The maximum absolute atomic E-state index is 9.99. The molecule has 0 aliphatic carbocycles. The molecule has 0 fully saturated rings. The van der Waals surface area contributed by atoms with Crippen LogP contribution in [-0.2, 0) is 5.41 Å². The zero-order valence-corrected chi connectivity index (χ0v) is 15.0. The molecular formula is C21H28O3. The van der Waals surface area contributed by atoms with Crippen LogP contribution in [0.4, 0.5) is 0 Å². The number of benzene rings is 2. The first-order valence-corrected chi connectivity index (χ1v) is 8.55. The molecule has 0 saturated carbocycles. The molecule has 24 heavy (non-hydrogen) atoms. The van der Waals surface area contributed by atoms with E-state index in [1.165, 1.54) is 5.56 Å². The molecule has 0 bridgehead atoms. The Bertz CT molecular complexity index is 629. The van der Waals surface area contributed by atoms with Crippen LogP contribution in [-0.4, -0.2) is 22.9 Å². The predicted molar refractivity (Wildman–Crippen MR) is 97.6 cm³/mol. The van der Waals surface area contributed by atoms with Gasteiger partial charge in [0.2, 0.25) is 0 Å². The molecule has 0 saturated heterocycles. The van der Waals surface area contributed by atoms with Gasteiger partial charge in [0.1, 0.15) is 18.1 Å². The molecule has 3 nitrogen and oxygen atoms in total. The van der Waals surface area contributed by atoms with Gasteiger partial charge in [0.15, 0.2) is 0 Å². The van der Waals surface area contributed by atoms with E-state index in [1.807, 2.05) is 31.2 Å². The Hall–Kier alpha value is -2.00. The lowest BCUT2D eigenvalue weighted by atomic mass is 9.78. The minimum absolute atomic E-state index is 0.164. The van der Waals surface area contributed by atoms with Gasteiger partial charge in [0.25, 0.3) is 0 Å². The highest BCUT2D eigenvalue weighted by Crippen LogP contribution is 2.33. The quantitative estimate of drug-likeness (QED) is 0.786. The fourth-order valence-electron chi connectivity index (χ4n) is 2.63. The van der Waals surface area contributed by atoms with Crippen LogP contribution < -0.4 is 4.74 Å². The van der Waals surface area contributed by atoms with E-state index in [1.54, 1.807) is 12.1 Å². The summed E-state index contributed by atoms with van der Waals surface area (Å²) in [5, 5.41) is 19.4. The molecule has 2 rings (SSSR count). The maximum Gasteiger partial charge on any atom is 0.119 e. The van der Waals surface area contributed by atoms with E-state index in [2.05, 4.69) is 32.9 Å². The number of aliphatic hydroxyl groups excluding tert-OH is 1. The second-order valence-electron chi connectivity index (χ2n) is 6.96. The van der Waals surface area contributed by atoms with Crippen LogP contribution >= 0.6 is 0 Å². The first-order chi connectivity index (χ1) is 11.3. The number of hydrogen-bond acceptors (Lipinski definition) is 3. The molecule has 0 aliphatic rings. The fourth-order valence-corrected chi connectivity index (χ4v) is 2.63. The number of aliphatic hydroxyl groups is 1.